The van der Waals surface area contributed by atoms with Gasteiger partial charge in [-0.25, -0.2) is 0 Å². The molecule has 0 spiro atoms. The van der Waals surface area contributed by atoms with Crippen molar-refractivity contribution in [2.45, 2.75) is 13.8 Å². The van der Waals surface area contributed by atoms with Gasteiger partial charge in [0.1, 0.15) is 0 Å². The zero-order chi connectivity index (χ0) is 14.8. The molecule has 114 valence electrons. The molecule has 0 radical (unpaired) electrons. The summed E-state index contributed by atoms with van der Waals surface area (Å²) >= 11 is -1.70. The van der Waals surface area contributed by atoms with Crippen molar-refractivity contribution in [1.29, 1.82) is 0 Å². The average Bonchev–Trinajstić information content (AvgIpc) is 2.48. The Hall–Kier alpha value is -0.997. The molecule has 0 aliphatic heterocycles. The maximum Gasteiger partial charge on any atom is 0.0160 e. The second-order valence-electron chi connectivity index (χ2n) is 3.89. The van der Waals surface area contributed by atoms with E-state index in [1.807, 2.05) is 56.3 Å². The summed E-state index contributed by atoms with van der Waals surface area (Å²) in [4.78, 5) is 4.22. The Balaban J connectivity index is 0.000000397. The van der Waals surface area contributed by atoms with E-state index in [2.05, 4.69) is 21.0 Å². The second kappa shape index (κ2) is 11.6. The van der Waals surface area contributed by atoms with Crippen LogP contribution >= 0.6 is 19.4 Å². The van der Waals surface area contributed by atoms with Crippen LogP contribution in [0.25, 0.3) is 11.3 Å². The molecular formula is C17H17Cl2NRu-2. The Morgan fingerprint density at radius 1 is 1.14 bits per heavy atom. The van der Waals surface area contributed by atoms with Crippen molar-refractivity contribution < 1.29 is 13.5 Å². The van der Waals surface area contributed by atoms with Crippen molar-refractivity contribution in [3.8, 4) is 11.3 Å². The van der Waals surface area contributed by atoms with Gasteiger partial charge in [-0.1, -0.05) is 12.1 Å². The van der Waals surface area contributed by atoms with Crippen LogP contribution < -0.4 is 0 Å². The van der Waals surface area contributed by atoms with Gasteiger partial charge in [-0.2, -0.15) is 0 Å². The first kappa shape index (κ1) is 20.0. The first-order valence-corrected chi connectivity index (χ1v) is 11.1. The summed E-state index contributed by atoms with van der Waals surface area (Å²) in [5.74, 6) is 0. The van der Waals surface area contributed by atoms with Crippen LogP contribution in [0.1, 0.15) is 13.8 Å². The van der Waals surface area contributed by atoms with Crippen LogP contribution in [-0.4, -0.2) is 9.25 Å². The molecule has 0 aliphatic carbocycles. The third kappa shape index (κ3) is 9.54. The summed E-state index contributed by atoms with van der Waals surface area (Å²) in [6.45, 7) is 3.86. The molecule has 0 fully saturated rings. The normalized spacial score (nSPS) is 9.05. The predicted octanol–water partition coefficient (Wildman–Crippen LogP) is 5.43. The number of rotatable bonds is 1. The van der Waals surface area contributed by atoms with Crippen LogP contribution in [0.3, 0.4) is 0 Å². The summed E-state index contributed by atoms with van der Waals surface area (Å²) in [7, 11) is 10.9. The first-order chi connectivity index (χ1) is 9.59. The minimum absolute atomic E-state index is 0. The van der Waals surface area contributed by atoms with Crippen LogP contribution in [-0.2, 0) is 13.5 Å². The maximum absolute atomic E-state index is 5.44. The molecule has 2 aromatic rings. The molecule has 0 saturated carbocycles. The Labute approximate surface area is 140 Å². The molecule has 21 heavy (non-hydrogen) atoms. The number of pyridine rings is 1. The Kier molecular flexibility index (Phi) is 11.1. The number of allylic oxidation sites excluding steroid dienone is 1. The molecule has 0 atom stereocenters. The molecule has 2 rings (SSSR count). The van der Waals surface area contributed by atoms with Gasteiger partial charge in [0.25, 0.3) is 0 Å². The molecule has 1 nitrogen and oxygen atoms in total. The van der Waals surface area contributed by atoms with Gasteiger partial charge in [-0.3, -0.25) is 0 Å². The van der Waals surface area contributed by atoms with E-state index in [-0.39, 0.29) is 7.43 Å². The van der Waals surface area contributed by atoms with Gasteiger partial charge >= 0.3 is 62.3 Å². The Bertz CT molecular complexity index is 561. The van der Waals surface area contributed by atoms with E-state index in [0.29, 0.717) is 0 Å². The van der Waals surface area contributed by atoms with Crippen molar-refractivity contribution in [3.63, 3.8) is 0 Å². The van der Waals surface area contributed by atoms with Crippen LogP contribution in [0.5, 0.6) is 0 Å². The summed E-state index contributed by atoms with van der Waals surface area (Å²) in [6, 6.07) is 16.8. The summed E-state index contributed by atoms with van der Waals surface area (Å²) in [5.41, 5.74) is 5.88. The Morgan fingerprint density at radius 2 is 1.86 bits per heavy atom. The molecule has 1 aromatic carbocycles. The topological polar surface area (TPSA) is 12.9 Å². The van der Waals surface area contributed by atoms with Crippen LogP contribution in [0.2, 0.25) is 0 Å². The van der Waals surface area contributed by atoms with E-state index in [4.69, 9.17) is 19.4 Å². The largest absolute Gasteiger partial charge is 0.358 e. The standard InChI is InChI=1S/C11H8N.C5H6.CH3.2ClH.Ru/c1-2-6-10(7-3-1)11-8-4-5-9-12-11;1-4-5(2)3;;;;/h1-6,8-9H;2-3H3;1H3;2*1H;/q-1;;-1;;;+2/p-2. The van der Waals surface area contributed by atoms with Gasteiger partial charge in [0.15, 0.2) is 0 Å². The van der Waals surface area contributed by atoms with Crippen molar-refractivity contribution in [2.24, 2.45) is 0 Å². The zero-order valence-electron chi connectivity index (χ0n) is 12.2. The molecule has 0 bridgehead atoms. The van der Waals surface area contributed by atoms with E-state index < -0.39 is 13.5 Å². The molecule has 0 amide bonds. The van der Waals surface area contributed by atoms with Gasteiger partial charge < -0.3 is 12.4 Å². The number of hydrogen-bond donors (Lipinski definition) is 0. The summed E-state index contributed by atoms with van der Waals surface area (Å²) in [6.07, 6.45) is 1.79. The average molecular weight is 407 g/mol. The van der Waals surface area contributed by atoms with Crippen LogP contribution in [0.15, 0.2) is 60.0 Å². The first-order valence-electron chi connectivity index (χ1n) is 5.79. The fourth-order valence-electron chi connectivity index (χ4n) is 1.20. The number of halogens is 2. The van der Waals surface area contributed by atoms with Crippen LogP contribution in [0, 0.1) is 13.5 Å². The maximum atomic E-state index is 5.44. The predicted molar refractivity (Wildman–Crippen MR) is 90.0 cm³/mol. The van der Waals surface area contributed by atoms with E-state index in [9.17, 15) is 0 Å². The monoisotopic (exact) mass is 407 g/mol. The van der Waals surface area contributed by atoms with Crippen molar-refractivity contribution >= 4 is 23.6 Å². The quantitative estimate of drug-likeness (QED) is 0.349. The van der Waals surface area contributed by atoms with Gasteiger partial charge in [0.05, 0.1) is 0 Å². The molecule has 0 aliphatic rings. The van der Waals surface area contributed by atoms with Gasteiger partial charge in [-0.05, 0) is 11.8 Å². The van der Waals surface area contributed by atoms with E-state index in [0.717, 1.165) is 16.8 Å². The van der Waals surface area contributed by atoms with Gasteiger partial charge in [0, 0.05) is 6.20 Å². The molecule has 1 aromatic heterocycles. The minimum Gasteiger partial charge on any atom is -0.358 e. The summed E-state index contributed by atoms with van der Waals surface area (Å²) < 4.78 is 2.73. The number of benzene rings is 1. The van der Waals surface area contributed by atoms with E-state index >= 15 is 0 Å². The molecular weight excluding hydrogens is 390 g/mol. The zero-order valence-corrected chi connectivity index (χ0v) is 15.4. The fraction of sp³-hybridized carbons (Fsp3) is 0.118. The minimum atomic E-state index is -1.70. The van der Waals surface area contributed by atoms with Crippen molar-refractivity contribution in [2.75, 3.05) is 0 Å². The van der Waals surface area contributed by atoms with Gasteiger partial charge in [-0.15, -0.1) is 35.9 Å². The summed E-state index contributed by atoms with van der Waals surface area (Å²) in [5, 5.41) is 0. The number of hydrogen-bond acceptors (Lipinski definition) is 1. The second-order valence-corrected chi connectivity index (χ2v) is 9.20. The van der Waals surface area contributed by atoms with Crippen molar-refractivity contribution in [1.82, 2.24) is 4.98 Å². The molecule has 4 heteroatoms. The third-order valence-corrected chi connectivity index (χ3v) is 3.35. The third-order valence-electron chi connectivity index (χ3n) is 2.01. The SMILES string of the molecule is CC(C)=C=[C]=[Ru]([Cl])[Cl].[CH3-].[c-]1ccccc1-c1ccccn1. The number of aromatic nitrogens is 1. The molecule has 1 heterocycles. The number of nitrogens with zero attached hydrogens (tertiary/aromatic N) is 1. The smallest absolute Gasteiger partial charge is 0.0160 e. The fourth-order valence-corrected chi connectivity index (χ4v) is 2.19. The van der Waals surface area contributed by atoms with Gasteiger partial charge in [0.2, 0.25) is 0 Å². The molecule has 0 N–H and O–H groups in total. The van der Waals surface area contributed by atoms with Crippen LogP contribution in [0.4, 0.5) is 0 Å². The Morgan fingerprint density at radius 3 is 2.29 bits per heavy atom. The molecule has 0 unspecified atom stereocenters. The van der Waals surface area contributed by atoms with E-state index in [1.165, 1.54) is 0 Å². The van der Waals surface area contributed by atoms with Crippen molar-refractivity contribution in [3.05, 3.63) is 73.5 Å². The molecule has 0 saturated heterocycles. The van der Waals surface area contributed by atoms with E-state index in [1.54, 1.807) is 6.20 Å².